The average Bonchev–Trinajstić information content (AvgIpc) is 2.62. The molecule has 0 aliphatic rings. The van der Waals surface area contributed by atoms with Gasteiger partial charge >= 0.3 is 5.97 Å². The molecule has 8 heteroatoms. The molecule has 0 spiro atoms. The van der Waals surface area contributed by atoms with Gasteiger partial charge in [0.15, 0.2) is 0 Å². The van der Waals surface area contributed by atoms with Crippen LogP contribution in [0.5, 0.6) is 0 Å². The Bertz CT molecular complexity index is 933. The molecule has 2 aromatic carbocycles. The first-order chi connectivity index (χ1) is 12.6. The number of hydrogen-bond acceptors (Lipinski definition) is 4. The van der Waals surface area contributed by atoms with Gasteiger partial charge in [0.1, 0.15) is 0 Å². The van der Waals surface area contributed by atoms with Crippen molar-refractivity contribution in [1.29, 1.82) is 0 Å². The zero-order valence-corrected chi connectivity index (χ0v) is 16.1. The molecule has 0 bridgehead atoms. The highest BCUT2D eigenvalue weighted by atomic mass is 32.2. The number of carboxylic acid groups (broad SMARTS) is 1. The highest BCUT2D eigenvalue weighted by molar-refractivity contribution is 7.89. The number of anilines is 1. The minimum atomic E-state index is -3.57. The van der Waals surface area contributed by atoms with Crippen LogP contribution in [-0.4, -0.2) is 31.9 Å². The fourth-order valence-corrected chi connectivity index (χ4v) is 3.40. The van der Waals surface area contributed by atoms with Crippen LogP contribution in [0.2, 0.25) is 0 Å². The number of carboxylic acids is 1. The number of nitrogens with one attached hydrogen (secondary N) is 2. The molecule has 144 valence electrons. The van der Waals surface area contributed by atoms with E-state index in [1.165, 1.54) is 24.3 Å². The minimum absolute atomic E-state index is 0.0844. The molecule has 7 nitrogen and oxygen atoms in total. The lowest BCUT2D eigenvalue weighted by Gasteiger charge is -2.19. The molecule has 0 fully saturated rings. The Morgan fingerprint density at radius 1 is 1.00 bits per heavy atom. The number of hydrogen-bond donors (Lipinski definition) is 3. The maximum atomic E-state index is 12.3. The molecule has 0 unspecified atom stereocenters. The highest BCUT2D eigenvalue weighted by Crippen LogP contribution is 2.25. The van der Waals surface area contributed by atoms with Gasteiger partial charge in [-0.2, -0.15) is 0 Å². The summed E-state index contributed by atoms with van der Waals surface area (Å²) in [5.74, 6) is -1.33. The van der Waals surface area contributed by atoms with Crippen LogP contribution in [0.4, 0.5) is 5.69 Å². The molecule has 0 saturated carbocycles. The number of carbonyl (C=O) groups is 2. The Balaban J connectivity index is 2.12. The molecule has 3 N–H and O–H groups in total. The maximum Gasteiger partial charge on any atom is 0.313 e. The van der Waals surface area contributed by atoms with Gasteiger partial charge in [0.2, 0.25) is 10.0 Å². The molecule has 2 rings (SSSR count). The number of benzene rings is 2. The van der Waals surface area contributed by atoms with Gasteiger partial charge in [-0.1, -0.05) is 19.1 Å². The molecule has 2 aromatic rings. The summed E-state index contributed by atoms with van der Waals surface area (Å²) >= 11 is 0. The van der Waals surface area contributed by atoms with Gasteiger partial charge in [0, 0.05) is 17.8 Å². The molecule has 0 atom stereocenters. The topological polar surface area (TPSA) is 113 Å². The first-order valence-corrected chi connectivity index (χ1v) is 9.81. The summed E-state index contributed by atoms with van der Waals surface area (Å²) in [6.07, 6.45) is 0. The first-order valence-electron chi connectivity index (χ1n) is 8.33. The number of rotatable bonds is 7. The van der Waals surface area contributed by atoms with Crippen LogP contribution in [0.3, 0.4) is 0 Å². The van der Waals surface area contributed by atoms with E-state index in [1.54, 1.807) is 45.0 Å². The van der Waals surface area contributed by atoms with Crippen molar-refractivity contribution in [3.8, 4) is 0 Å². The van der Waals surface area contributed by atoms with Crippen molar-refractivity contribution in [2.24, 2.45) is 0 Å². The van der Waals surface area contributed by atoms with Crippen molar-refractivity contribution in [3.05, 3.63) is 59.7 Å². The molecule has 0 aliphatic heterocycles. The lowest BCUT2D eigenvalue weighted by atomic mass is 9.85. The first kappa shape index (κ1) is 20.6. The fraction of sp³-hybridized carbons (Fsp3) is 0.263. The molecule has 1 amide bonds. The SMILES string of the molecule is CCNS(=O)(=O)c1ccc(C(=O)Nc2ccc(C(C)(C)C(=O)O)cc2)cc1. The predicted molar refractivity (Wildman–Crippen MR) is 102 cm³/mol. The van der Waals surface area contributed by atoms with Gasteiger partial charge < -0.3 is 10.4 Å². The van der Waals surface area contributed by atoms with Crippen LogP contribution in [-0.2, 0) is 20.2 Å². The second-order valence-corrected chi connectivity index (χ2v) is 8.25. The summed E-state index contributed by atoms with van der Waals surface area (Å²) in [5, 5.41) is 12.0. The summed E-state index contributed by atoms with van der Waals surface area (Å²) in [7, 11) is -3.57. The fourth-order valence-electron chi connectivity index (χ4n) is 2.36. The zero-order chi connectivity index (χ0) is 20.2. The third-order valence-electron chi connectivity index (χ3n) is 4.16. The van der Waals surface area contributed by atoms with Crippen molar-refractivity contribution < 1.29 is 23.1 Å². The maximum absolute atomic E-state index is 12.3. The van der Waals surface area contributed by atoms with Crippen molar-refractivity contribution >= 4 is 27.6 Å². The number of carbonyl (C=O) groups excluding carboxylic acids is 1. The number of amides is 1. The van der Waals surface area contributed by atoms with E-state index in [4.69, 9.17) is 0 Å². The Labute approximate surface area is 158 Å². The Kier molecular flexibility index (Phi) is 6.02. The zero-order valence-electron chi connectivity index (χ0n) is 15.3. The summed E-state index contributed by atoms with van der Waals surface area (Å²) in [4.78, 5) is 23.7. The normalized spacial score (nSPS) is 11.8. The smallest absolute Gasteiger partial charge is 0.313 e. The molecule has 0 saturated heterocycles. The van der Waals surface area contributed by atoms with Crippen LogP contribution in [0.25, 0.3) is 0 Å². The standard InChI is InChI=1S/C19H22N2O5S/c1-4-20-27(25,26)16-11-5-13(6-12-16)17(22)21-15-9-7-14(8-10-15)19(2,3)18(23)24/h5-12,20H,4H2,1-3H3,(H,21,22)(H,23,24). The second-order valence-electron chi connectivity index (χ2n) is 6.49. The van der Waals surface area contributed by atoms with E-state index in [-0.39, 0.29) is 11.4 Å². The van der Waals surface area contributed by atoms with Crippen LogP contribution < -0.4 is 10.0 Å². The van der Waals surface area contributed by atoms with E-state index < -0.39 is 27.3 Å². The van der Waals surface area contributed by atoms with Gasteiger partial charge in [-0.15, -0.1) is 0 Å². The van der Waals surface area contributed by atoms with E-state index in [2.05, 4.69) is 10.0 Å². The molecule has 0 aromatic heterocycles. The van der Waals surface area contributed by atoms with Crippen molar-refractivity contribution in [2.75, 3.05) is 11.9 Å². The van der Waals surface area contributed by atoms with Gasteiger partial charge in [0.25, 0.3) is 5.91 Å². The monoisotopic (exact) mass is 390 g/mol. The quantitative estimate of drug-likeness (QED) is 0.673. The van der Waals surface area contributed by atoms with Gasteiger partial charge in [-0.05, 0) is 55.8 Å². The lowest BCUT2D eigenvalue weighted by Crippen LogP contribution is -2.28. The van der Waals surface area contributed by atoms with Crippen LogP contribution >= 0.6 is 0 Å². The second kappa shape index (κ2) is 7.89. The van der Waals surface area contributed by atoms with Crippen molar-refractivity contribution in [2.45, 2.75) is 31.1 Å². The largest absolute Gasteiger partial charge is 0.481 e. The third-order valence-corrected chi connectivity index (χ3v) is 5.72. The summed E-state index contributed by atoms with van der Waals surface area (Å²) in [6.45, 7) is 5.17. The van der Waals surface area contributed by atoms with E-state index in [0.717, 1.165) is 0 Å². The summed E-state index contributed by atoms with van der Waals surface area (Å²) in [6, 6.07) is 12.1. The molecule has 0 radical (unpaired) electrons. The van der Waals surface area contributed by atoms with Crippen molar-refractivity contribution in [1.82, 2.24) is 4.72 Å². The molecular weight excluding hydrogens is 368 g/mol. The number of aliphatic carboxylic acids is 1. The van der Waals surface area contributed by atoms with Crippen LogP contribution in [0.15, 0.2) is 53.4 Å². The molecule has 27 heavy (non-hydrogen) atoms. The van der Waals surface area contributed by atoms with Crippen LogP contribution in [0, 0.1) is 0 Å². The van der Waals surface area contributed by atoms with Gasteiger partial charge in [-0.3, -0.25) is 9.59 Å². The van der Waals surface area contributed by atoms with Gasteiger partial charge in [0.05, 0.1) is 10.3 Å². The molecule has 0 heterocycles. The number of sulfonamides is 1. The van der Waals surface area contributed by atoms with E-state index >= 15 is 0 Å². The van der Waals surface area contributed by atoms with E-state index in [1.807, 2.05) is 0 Å². The molecule has 0 aliphatic carbocycles. The Morgan fingerprint density at radius 3 is 2.04 bits per heavy atom. The van der Waals surface area contributed by atoms with E-state index in [9.17, 15) is 23.1 Å². The highest BCUT2D eigenvalue weighted by Gasteiger charge is 2.29. The Morgan fingerprint density at radius 2 is 1.56 bits per heavy atom. The van der Waals surface area contributed by atoms with Gasteiger partial charge in [-0.25, -0.2) is 13.1 Å². The lowest BCUT2D eigenvalue weighted by molar-refractivity contribution is -0.142. The summed E-state index contributed by atoms with van der Waals surface area (Å²) < 4.78 is 26.2. The third kappa shape index (κ3) is 4.72. The predicted octanol–water partition coefficient (Wildman–Crippen LogP) is 2.60. The Hall–Kier alpha value is -2.71. The average molecular weight is 390 g/mol. The van der Waals surface area contributed by atoms with Crippen molar-refractivity contribution in [3.63, 3.8) is 0 Å². The van der Waals surface area contributed by atoms with Crippen LogP contribution in [0.1, 0.15) is 36.7 Å². The van der Waals surface area contributed by atoms with E-state index in [0.29, 0.717) is 16.8 Å². The molecular formula is C19H22N2O5S. The summed E-state index contributed by atoms with van der Waals surface area (Å²) in [5.41, 5.74) is 0.400. The minimum Gasteiger partial charge on any atom is -0.481 e.